The molecule has 2 N–H and O–H groups in total. The summed E-state index contributed by atoms with van der Waals surface area (Å²) in [5.74, 6) is -2.71. The Morgan fingerprint density at radius 2 is 1.25 bits per heavy atom. The standard InChI is InChI=1S/C2H4O4P2/c3-1(7-5)2(4)8-6/h1-4H/p+2. The molecule has 4 nitrogen and oxygen atoms in total. The van der Waals surface area contributed by atoms with E-state index in [0.29, 0.717) is 0 Å². The maximum Gasteiger partial charge on any atom is 0.364 e. The van der Waals surface area contributed by atoms with E-state index >= 15 is 0 Å². The average molecular weight is 156 g/mol. The Kier molecular flexibility index (Phi) is 4.11. The lowest BCUT2D eigenvalue weighted by molar-refractivity contribution is 0.127. The summed E-state index contributed by atoms with van der Waals surface area (Å²) >= 11 is 0. The second kappa shape index (κ2) is 4.04. The molecule has 0 aromatic heterocycles. The van der Waals surface area contributed by atoms with E-state index < -0.39 is 28.6 Å². The molecule has 0 heterocycles. The topological polar surface area (TPSA) is 74.6 Å². The van der Waals surface area contributed by atoms with Gasteiger partial charge in [-0.3, -0.25) is 0 Å². The minimum absolute atomic E-state index is 1.02. The zero-order chi connectivity index (χ0) is 6.57. The Morgan fingerprint density at radius 3 is 1.38 bits per heavy atom. The lowest BCUT2D eigenvalue weighted by atomic mass is 10.8. The molecule has 0 saturated heterocycles. The van der Waals surface area contributed by atoms with Gasteiger partial charge in [-0.1, -0.05) is 9.13 Å². The molecular weight excluding hydrogens is 150 g/mol. The van der Waals surface area contributed by atoms with Crippen LogP contribution in [0.25, 0.3) is 0 Å². The van der Waals surface area contributed by atoms with E-state index in [1.54, 1.807) is 0 Å². The summed E-state index contributed by atoms with van der Waals surface area (Å²) in [6, 6.07) is 0. The van der Waals surface area contributed by atoms with Crippen LogP contribution in [0.5, 0.6) is 0 Å². The minimum Gasteiger partial charge on any atom is -0.346 e. The molecule has 46 valence electrons. The third-order valence-electron chi connectivity index (χ3n) is 0.541. The van der Waals surface area contributed by atoms with Gasteiger partial charge in [0, 0.05) is 0 Å². The molecule has 0 radical (unpaired) electrons. The van der Waals surface area contributed by atoms with Crippen LogP contribution < -0.4 is 0 Å². The first kappa shape index (κ1) is 8.12. The molecule has 0 rings (SSSR count). The summed E-state index contributed by atoms with van der Waals surface area (Å²) in [6.07, 6.45) is 0. The van der Waals surface area contributed by atoms with Gasteiger partial charge in [-0.05, 0) is 0 Å². The smallest absolute Gasteiger partial charge is 0.346 e. The SMILES string of the molecule is O=[PH+]C(O)C(O)[PH+]=O. The van der Waals surface area contributed by atoms with Crippen LogP contribution >= 0.6 is 16.9 Å². The van der Waals surface area contributed by atoms with Gasteiger partial charge in [0.2, 0.25) is 0 Å². The van der Waals surface area contributed by atoms with E-state index in [-0.39, 0.29) is 0 Å². The zero-order valence-corrected chi connectivity index (χ0v) is 5.87. The molecule has 0 fully saturated rings. The minimum atomic E-state index is -1.36. The zero-order valence-electron chi connectivity index (χ0n) is 3.87. The van der Waals surface area contributed by atoms with E-state index in [1.165, 1.54) is 0 Å². The fourth-order valence-electron chi connectivity index (χ4n) is 0.129. The number of rotatable bonds is 3. The van der Waals surface area contributed by atoms with Gasteiger partial charge in [-0.2, -0.15) is 0 Å². The molecular formula is C2H6O4P2+2. The van der Waals surface area contributed by atoms with Gasteiger partial charge in [0.15, 0.2) is 0 Å². The summed E-state index contributed by atoms with van der Waals surface area (Å²) in [5, 5.41) is 16.8. The molecule has 0 aromatic rings. The molecule has 0 bridgehead atoms. The van der Waals surface area contributed by atoms with Gasteiger partial charge in [-0.15, -0.1) is 0 Å². The fraction of sp³-hybridized carbons (Fsp3) is 1.00. The van der Waals surface area contributed by atoms with Gasteiger partial charge in [-0.25, -0.2) is 0 Å². The van der Waals surface area contributed by atoms with Crippen molar-refractivity contribution < 1.29 is 19.3 Å². The van der Waals surface area contributed by atoms with Crippen molar-refractivity contribution in [2.24, 2.45) is 0 Å². The van der Waals surface area contributed by atoms with Crippen molar-refractivity contribution in [2.75, 3.05) is 0 Å². The van der Waals surface area contributed by atoms with Crippen molar-refractivity contribution in [3.05, 3.63) is 0 Å². The summed E-state index contributed by atoms with van der Waals surface area (Å²) < 4.78 is 19.4. The maximum atomic E-state index is 9.71. The first-order valence-corrected chi connectivity index (χ1v) is 3.81. The van der Waals surface area contributed by atoms with Crippen LogP contribution in [-0.4, -0.2) is 21.9 Å². The predicted octanol–water partition coefficient (Wildman–Crippen LogP) is -0.329. The number of aliphatic hydroxyl groups is 2. The van der Waals surface area contributed by atoms with Gasteiger partial charge < -0.3 is 10.2 Å². The monoisotopic (exact) mass is 156 g/mol. The van der Waals surface area contributed by atoms with Crippen LogP contribution in [0, 0.1) is 0 Å². The van der Waals surface area contributed by atoms with Crippen molar-refractivity contribution >= 4 is 16.9 Å². The van der Waals surface area contributed by atoms with E-state index in [2.05, 4.69) is 0 Å². The van der Waals surface area contributed by atoms with E-state index in [0.717, 1.165) is 0 Å². The van der Waals surface area contributed by atoms with E-state index in [1.807, 2.05) is 0 Å². The van der Waals surface area contributed by atoms with Gasteiger partial charge in [0.1, 0.15) is 0 Å². The molecule has 0 saturated carbocycles. The molecule has 0 amide bonds. The van der Waals surface area contributed by atoms with Gasteiger partial charge in [0.05, 0.1) is 0 Å². The van der Waals surface area contributed by atoms with Crippen LogP contribution in [0.4, 0.5) is 0 Å². The van der Waals surface area contributed by atoms with Crippen molar-refractivity contribution in [3.63, 3.8) is 0 Å². The molecule has 0 spiro atoms. The Morgan fingerprint density at radius 1 is 1.00 bits per heavy atom. The number of hydrogen-bond acceptors (Lipinski definition) is 4. The van der Waals surface area contributed by atoms with Crippen LogP contribution in [-0.2, 0) is 9.13 Å². The van der Waals surface area contributed by atoms with Gasteiger partial charge in [0.25, 0.3) is 0 Å². The quantitative estimate of drug-likeness (QED) is 0.548. The normalized spacial score (nSPS) is 18.8. The van der Waals surface area contributed by atoms with E-state index in [4.69, 9.17) is 10.2 Å². The fourth-order valence-corrected chi connectivity index (χ4v) is 0.795. The van der Waals surface area contributed by atoms with Crippen molar-refractivity contribution in [3.8, 4) is 0 Å². The third-order valence-corrected chi connectivity index (χ3v) is 1.99. The van der Waals surface area contributed by atoms with Crippen LogP contribution in [0.2, 0.25) is 0 Å². The highest BCUT2D eigenvalue weighted by Crippen LogP contribution is 2.15. The molecule has 0 aliphatic carbocycles. The Bertz CT molecular complexity index is 82.0. The molecule has 4 atom stereocenters. The largest absolute Gasteiger partial charge is 0.364 e. The average Bonchev–Trinajstić information content (AvgIpc) is 1.84. The molecule has 0 aliphatic heterocycles. The molecule has 0 aliphatic rings. The van der Waals surface area contributed by atoms with Crippen molar-refractivity contribution in [1.82, 2.24) is 0 Å². The van der Waals surface area contributed by atoms with Crippen molar-refractivity contribution in [2.45, 2.75) is 11.7 Å². The summed E-state index contributed by atoms with van der Waals surface area (Å²) in [6.45, 7) is 0. The molecule has 0 aromatic carbocycles. The number of aliphatic hydroxyl groups excluding tert-OH is 2. The predicted molar refractivity (Wildman–Crippen MR) is 30.0 cm³/mol. The first-order chi connectivity index (χ1) is 3.72. The lowest BCUT2D eigenvalue weighted by Gasteiger charge is -1.85. The summed E-state index contributed by atoms with van der Waals surface area (Å²) in [7, 11) is -2.04. The highest BCUT2D eigenvalue weighted by atomic mass is 31.1. The van der Waals surface area contributed by atoms with Crippen LogP contribution in [0.3, 0.4) is 0 Å². The Labute approximate surface area is 48.9 Å². The van der Waals surface area contributed by atoms with Crippen LogP contribution in [0.1, 0.15) is 0 Å². The highest BCUT2D eigenvalue weighted by molar-refractivity contribution is 7.29. The molecule has 4 unspecified atom stereocenters. The van der Waals surface area contributed by atoms with Crippen molar-refractivity contribution in [1.29, 1.82) is 0 Å². The Balaban J connectivity index is 3.60. The lowest BCUT2D eigenvalue weighted by Crippen LogP contribution is -2.12. The van der Waals surface area contributed by atoms with Gasteiger partial charge >= 0.3 is 28.6 Å². The second-order valence-corrected chi connectivity index (χ2v) is 2.78. The molecule has 6 heteroatoms. The second-order valence-electron chi connectivity index (χ2n) is 1.13. The molecule has 8 heavy (non-hydrogen) atoms. The van der Waals surface area contributed by atoms with Crippen LogP contribution in [0.15, 0.2) is 0 Å². The third kappa shape index (κ3) is 2.43. The Hall–Kier alpha value is 0.120. The first-order valence-electron chi connectivity index (χ1n) is 1.84. The maximum absolute atomic E-state index is 9.71. The summed E-state index contributed by atoms with van der Waals surface area (Å²) in [4.78, 5) is 0. The van der Waals surface area contributed by atoms with E-state index in [9.17, 15) is 9.13 Å². The summed E-state index contributed by atoms with van der Waals surface area (Å²) in [5.41, 5.74) is 0. The highest BCUT2D eigenvalue weighted by Gasteiger charge is 2.29. The number of hydrogen-bond donors (Lipinski definition) is 2.